The van der Waals surface area contributed by atoms with E-state index in [1.54, 1.807) is 36.4 Å². The van der Waals surface area contributed by atoms with Crippen LogP contribution < -0.4 is 38.2 Å². The van der Waals surface area contributed by atoms with Crippen molar-refractivity contribution in [1.29, 1.82) is 0 Å². The van der Waals surface area contributed by atoms with Crippen molar-refractivity contribution in [2.24, 2.45) is 0 Å². The molecular formula is C70H88Cl2N4O12Pd. The van der Waals surface area contributed by atoms with Crippen molar-refractivity contribution in [3.8, 4) is 46.0 Å². The van der Waals surface area contributed by atoms with Crippen molar-refractivity contribution in [2.45, 2.75) is 79.1 Å². The Morgan fingerprint density at radius 3 is 0.865 bits per heavy atom. The molecular weight excluding hydrogens is 1270 g/mol. The molecule has 2 heterocycles. The van der Waals surface area contributed by atoms with Crippen LogP contribution in [0.5, 0.6) is 46.0 Å². The predicted octanol–water partition coefficient (Wildman–Crippen LogP) is 15.0. The summed E-state index contributed by atoms with van der Waals surface area (Å²) in [4.78, 5) is 8.27. The minimum absolute atomic E-state index is 0.106. The van der Waals surface area contributed by atoms with E-state index in [-0.39, 0.29) is 27.4 Å². The van der Waals surface area contributed by atoms with Gasteiger partial charge in [0.25, 0.3) is 0 Å². The number of para-hydroxylation sites is 10. The number of anilines is 2. The molecule has 0 bridgehead atoms. The number of halogens is 2. The molecule has 6 aromatic carbocycles. The molecule has 2 aliphatic rings. The standard InChI is InChI=1S/2C35H44N2O6.2ClH.Pd/c2*1-27(2)29-10-9-11-30(28(3)4)35(29)37-17-16-36(26-37)18-19-41-33-14-7-8-15-34(33)43-25-23-40-21-20-39-22-24-42-32-13-6-5-12-31(32)38;;;/h2*5-17,27-28,38H,18-25H2,1-4H3;2*1H;/q;;;;+2/p-2. The van der Waals surface area contributed by atoms with Gasteiger partial charge in [-0.2, -0.15) is 0 Å². The maximum atomic E-state index is 9.69. The Labute approximate surface area is 544 Å². The van der Waals surface area contributed by atoms with Crippen LogP contribution in [0, 0.1) is 13.3 Å². The average molecular weight is 1350 g/mol. The van der Waals surface area contributed by atoms with E-state index in [9.17, 15) is 10.2 Å². The van der Waals surface area contributed by atoms with Gasteiger partial charge in [0.1, 0.15) is 39.6 Å². The molecule has 0 fully saturated rings. The average Bonchev–Trinajstić information content (AvgIpc) is 2.16. The fraction of sp³-hybridized carbons (Fsp3) is 0.400. The molecule has 0 atom stereocenters. The van der Waals surface area contributed by atoms with Crippen LogP contribution in [0.25, 0.3) is 0 Å². The van der Waals surface area contributed by atoms with Gasteiger partial charge in [-0.3, -0.25) is 0 Å². The number of nitrogens with zero attached hydrogens (tertiary/aromatic N) is 4. The first kappa shape index (κ1) is 71.6. The summed E-state index contributed by atoms with van der Waals surface area (Å²) in [6, 6.07) is 42.2. The van der Waals surface area contributed by atoms with Crippen LogP contribution in [0.15, 0.2) is 158 Å². The summed E-state index contributed by atoms with van der Waals surface area (Å²) >= 11 is -0.106. The molecule has 0 unspecified atom stereocenters. The van der Waals surface area contributed by atoms with E-state index in [0.29, 0.717) is 164 Å². The molecule has 19 heteroatoms. The van der Waals surface area contributed by atoms with Gasteiger partial charge in [-0.05, 0) is 94.5 Å². The molecule has 2 N–H and O–H groups in total. The van der Waals surface area contributed by atoms with E-state index < -0.39 is 0 Å². The van der Waals surface area contributed by atoms with E-state index in [0.717, 1.165) is 0 Å². The summed E-state index contributed by atoms with van der Waals surface area (Å²) < 4.78 is 57.3. The molecule has 16 nitrogen and oxygen atoms in total. The summed E-state index contributed by atoms with van der Waals surface area (Å²) in [5.41, 5.74) is 7.72. The Bertz CT molecular complexity index is 2780. The Morgan fingerprint density at radius 1 is 0.337 bits per heavy atom. The molecule has 0 saturated carbocycles. The molecule has 8 rings (SSSR count). The number of ether oxygens (including phenoxy) is 10. The topological polar surface area (TPSA) is 146 Å². The van der Waals surface area contributed by atoms with Gasteiger partial charge in [0, 0.05) is 24.8 Å². The molecule has 0 aromatic heterocycles. The van der Waals surface area contributed by atoms with Crippen molar-refractivity contribution < 1.29 is 73.5 Å². The third-order valence-electron chi connectivity index (χ3n) is 13.7. The van der Waals surface area contributed by atoms with Crippen molar-refractivity contribution in [1.82, 2.24) is 9.80 Å². The molecule has 4 radical (unpaired) electrons. The second-order valence-electron chi connectivity index (χ2n) is 21.5. The van der Waals surface area contributed by atoms with Gasteiger partial charge in [-0.1, -0.05) is 140 Å². The first-order chi connectivity index (χ1) is 43.3. The number of phenols is 2. The predicted molar refractivity (Wildman–Crippen MR) is 349 cm³/mol. The zero-order valence-electron chi connectivity index (χ0n) is 52.5. The molecule has 89 heavy (non-hydrogen) atoms. The number of hydrogen-bond acceptors (Lipinski definition) is 16. The van der Waals surface area contributed by atoms with Crippen molar-refractivity contribution in [3.63, 3.8) is 0 Å². The van der Waals surface area contributed by atoms with Gasteiger partial charge in [0.05, 0.1) is 77.3 Å². The van der Waals surface area contributed by atoms with Crippen molar-refractivity contribution >= 4 is 30.4 Å². The van der Waals surface area contributed by atoms with Gasteiger partial charge in [-0.15, -0.1) is 0 Å². The molecule has 0 spiro atoms. The normalized spacial score (nSPS) is 12.7. The minimum atomic E-state index is -0.106. The van der Waals surface area contributed by atoms with Crippen LogP contribution in [0.3, 0.4) is 0 Å². The fourth-order valence-electron chi connectivity index (χ4n) is 9.31. The van der Waals surface area contributed by atoms with Crippen LogP contribution in [-0.2, 0) is 34.9 Å². The van der Waals surface area contributed by atoms with Crippen LogP contribution in [0.4, 0.5) is 11.4 Å². The SMILES string of the molecule is CC(C)c1cccc(C(C)C)c1N1[C]N(CCOc2ccccc2OCCOCCOCCOc2ccccc2O)C=C1.CC(C)c1cccc(C(C)C)c1N1[C]N(CCOc2ccccc2OCCOCCOCCOc2ccccc2O)C=C1.[Cl][Pd][Cl]. The van der Waals surface area contributed by atoms with E-state index >= 15 is 0 Å². The van der Waals surface area contributed by atoms with E-state index in [1.807, 2.05) is 82.9 Å². The molecule has 0 amide bonds. The van der Waals surface area contributed by atoms with Crippen LogP contribution in [0.1, 0.15) is 101 Å². The number of benzene rings is 6. The number of rotatable bonds is 36. The van der Waals surface area contributed by atoms with Gasteiger partial charge in [-0.25, -0.2) is 0 Å². The van der Waals surface area contributed by atoms with Crippen LogP contribution >= 0.6 is 19.1 Å². The first-order valence-corrected chi connectivity index (χ1v) is 34.2. The number of aromatic hydroxyl groups is 2. The Kier molecular flexibility index (Phi) is 32.4. The summed E-state index contributed by atoms with van der Waals surface area (Å²) in [6.45, 7) is 32.0. The molecule has 0 aliphatic carbocycles. The van der Waals surface area contributed by atoms with Crippen molar-refractivity contribution in [2.75, 3.05) is 115 Å². The number of hydrogen-bond donors (Lipinski definition) is 2. The third kappa shape index (κ3) is 24.3. The summed E-state index contributed by atoms with van der Waals surface area (Å²) in [5, 5.41) is 19.4. The van der Waals surface area contributed by atoms with Gasteiger partial charge in [0.15, 0.2) is 46.0 Å². The van der Waals surface area contributed by atoms with Gasteiger partial charge < -0.3 is 77.2 Å². The Hall–Kier alpha value is -6.52. The molecule has 484 valence electrons. The Balaban J connectivity index is 0.000000272. The van der Waals surface area contributed by atoms with Gasteiger partial charge >= 0.3 is 35.0 Å². The molecule has 6 aromatic rings. The molecule has 0 saturated heterocycles. The quantitative estimate of drug-likeness (QED) is 0.0284. The number of phenolic OH excluding ortho intramolecular Hbond substituents is 2. The summed E-state index contributed by atoms with van der Waals surface area (Å²) in [7, 11) is 9.63. The zero-order valence-corrected chi connectivity index (χ0v) is 55.5. The van der Waals surface area contributed by atoms with Crippen LogP contribution in [0.2, 0.25) is 0 Å². The zero-order chi connectivity index (χ0) is 63.6. The van der Waals surface area contributed by atoms with E-state index in [2.05, 4.69) is 127 Å². The second kappa shape index (κ2) is 40.3. The van der Waals surface area contributed by atoms with Crippen molar-refractivity contribution in [3.05, 3.63) is 194 Å². The summed E-state index contributed by atoms with van der Waals surface area (Å²) in [5.74, 6) is 5.56. The summed E-state index contributed by atoms with van der Waals surface area (Å²) in [6.07, 6.45) is 8.21. The fourth-order valence-corrected chi connectivity index (χ4v) is 9.31. The van der Waals surface area contributed by atoms with Crippen LogP contribution in [-0.4, -0.2) is 126 Å². The van der Waals surface area contributed by atoms with E-state index in [1.165, 1.54) is 33.6 Å². The monoisotopic (exact) mass is 1350 g/mol. The molecule has 2 aliphatic heterocycles. The third-order valence-corrected chi connectivity index (χ3v) is 13.7. The first-order valence-electron chi connectivity index (χ1n) is 30.2. The second-order valence-corrected chi connectivity index (χ2v) is 23.9. The Morgan fingerprint density at radius 2 is 0.584 bits per heavy atom. The van der Waals surface area contributed by atoms with Gasteiger partial charge in [0.2, 0.25) is 13.3 Å². The van der Waals surface area contributed by atoms with E-state index in [4.69, 9.17) is 66.4 Å². The maximum absolute atomic E-state index is 9.69.